The lowest BCUT2D eigenvalue weighted by Crippen LogP contribution is -2.48. The summed E-state index contributed by atoms with van der Waals surface area (Å²) in [6.45, 7) is 4.15. The number of rotatable bonds is 5. The Morgan fingerprint density at radius 1 is 1.22 bits per heavy atom. The third-order valence-electron chi connectivity index (χ3n) is 8.18. The van der Waals surface area contributed by atoms with Crippen LogP contribution in [0.2, 0.25) is 0 Å². The molecule has 2 heterocycles. The van der Waals surface area contributed by atoms with E-state index in [4.69, 9.17) is 9.47 Å². The van der Waals surface area contributed by atoms with Gasteiger partial charge in [0.05, 0.1) is 18.2 Å². The van der Waals surface area contributed by atoms with E-state index in [1.54, 1.807) is 19.2 Å². The zero-order valence-electron chi connectivity index (χ0n) is 20.7. The molecule has 1 amide bonds. The summed E-state index contributed by atoms with van der Waals surface area (Å²) in [5.41, 5.74) is 2.48. The number of carbonyl (C=O) groups excluding carboxylic acids is 2. The van der Waals surface area contributed by atoms with Crippen LogP contribution in [0.15, 0.2) is 48.7 Å². The smallest absolute Gasteiger partial charge is 0.407 e. The normalized spacial score (nSPS) is 31.4. The van der Waals surface area contributed by atoms with Gasteiger partial charge < -0.3 is 14.8 Å². The van der Waals surface area contributed by atoms with Crippen LogP contribution >= 0.6 is 0 Å². The van der Waals surface area contributed by atoms with Gasteiger partial charge in [-0.05, 0) is 87.1 Å². The van der Waals surface area contributed by atoms with Crippen molar-refractivity contribution in [2.24, 2.45) is 29.6 Å². The molecule has 0 unspecified atom stereocenters. The Kier molecular flexibility index (Phi) is 7.08. The number of ether oxygens (including phenoxy) is 2. The Bertz CT molecular complexity index is 1130. The molecule has 1 aromatic heterocycles. The monoisotopic (exact) mass is 492 g/mol. The fourth-order valence-corrected chi connectivity index (χ4v) is 6.64. The molecule has 2 saturated carbocycles. The van der Waals surface area contributed by atoms with E-state index in [-0.39, 0.29) is 47.8 Å². The van der Waals surface area contributed by atoms with Gasteiger partial charge in [0.15, 0.2) is 0 Å². The first kappa shape index (κ1) is 24.5. The van der Waals surface area contributed by atoms with Crippen molar-refractivity contribution in [1.29, 1.82) is 0 Å². The summed E-state index contributed by atoms with van der Waals surface area (Å²) in [4.78, 5) is 29.2. The Hall–Kier alpha value is -3.22. The standard InChI is InChI=1S/C29H33FN2O4/c1-3-35-29(34)32-23-10-11-24-20(14-23)15-26-27(17(2)36-28(26)33)25(24)12-9-22-8-7-19(16-31-22)18-5-4-6-21(30)13-18/h4-9,12-13,16-17,20,23-27H,3,10-11,14-15H2,1-2H3,(H,32,34)/b12-9+/t17-,20-,23-,24+,25+,26-,27+/m0/s1. The number of nitrogens with one attached hydrogen (secondary N) is 1. The van der Waals surface area contributed by atoms with E-state index in [1.807, 2.05) is 31.2 Å². The molecule has 2 aromatic rings. The average Bonchev–Trinajstić information content (AvgIpc) is 3.15. The molecule has 36 heavy (non-hydrogen) atoms. The van der Waals surface area contributed by atoms with Crippen LogP contribution in [-0.4, -0.2) is 35.8 Å². The Labute approximate surface area is 211 Å². The van der Waals surface area contributed by atoms with Gasteiger partial charge in [-0.2, -0.15) is 0 Å². The molecule has 7 atom stereocenters. The van der Waals surface area contributed by atoms with Gasteiger partial charge in [-0.3, -0.25) is 9.78 Å². The number of hydrogen-bond acceptors (Lipinski definition) is 5. The Balaban J connectivity index is 1.34. The van der Waals surface area contributed by atoms with E-state index in [2.05, 4.69) is 16.4 Å². The molecule has 3 aliphatic rings. The predicted molar refractivity (Wildman–Crippen MR) is 134 cm³/mol. The Morgan fingerprint density at radius 3 is 2.83 bits per heavy atom. The van der Waals surface area contributed by atoms with E-state index in [1.165, 1.54) is 12.1 Å². The molecule has 2 aliphatic carbocycles. The van der Waals surface area contributed by atoms with Crippen molar-refractivity contribution in [2.45, 2.75) is 51.7 Å². The number of allylic oxidation sites excluding steroid dienone is 1. The van der Waals surface area contributed by atoms with E-state index in [9.17, 15) is 14.0 Å². The average molecular weight is 493 g/mol. The number of nitrogens with zero attached hydrogens (tertiary/aromatic N) is 1. The number of esters is 1. The minimum Gasteiger partial charge on any atom is -0.462 e. The van der Waals surface area contributed by atoms with Crippen molar-refractivity contribution < 1.29 is 23.5 Å². The van der Waals surface area contributed by atoms with Crippen LogP contribution in [0.4, 0.5) is 9.18 Å². The van der Waals surface area contributed by atoms with Crippen molar-refractivity contribution in [1.82, 2.24) is 10.3 Å². The van der Waals surface area contributed by atoms with Gasteiger partial charge in [-0.15, -0.1) is 0 Å². The van der Waals surface area contributed by atoms with E-state index < -0.39 is 0 Å². The number of carbonyl (C=O) groups is 2. The number of benzene rings is 1. The lowest BCUT2D eigenvalue weighted by atomic mass is 9.57. The molecule has 3 fully saturated rings. The molecule has 1 aliphatic heterocycles. The summed E-state index contributed by atoms with van der Waals surface area (Å²) in [6.07, 6.45) is 9.07. The zero-order valence-corrected chi connectivity index (χ0v) is 20.7. The number of hydrogen-bond donors (Lipinski definition) is 1. The maximum Gasteiger partial charge on any atom is 0.407 e. The highest BCUT2D eigenvalue weighted by Crippen LogP contribution is 2.53. The largest absolute Gasteiger partial charge is 0.462 e. The van der Waals surface area contributed by atoms with Crippen molar-refractivity contribution >= 4 is 18.1 Å². The topological polar surface area (TPSA) is 77.5 Å². The number of cyclic esters (lactones) is 1. The lowest BCUT2D eigenvalue weighted by Gasteiger charge is -2.47. The predicted octanol–water partition coefficient (Wildman–Crippen LogP) is 5.63. The summed E-state index contributed by atoms with van der Waals surface area (Å²) in [7, 11) is 0. The quantitative estimate of drug-likeness (QED) is 0.548. The first-order valence-corrected chi connectivity index (χ1v) is 13.0. The first-order valence-electron chi connectivity index (χ1n) is 13.0. The maximum absolute atomic E-state index is 13.6. The highest BCUT2D eigenvalue weighted by Gasteiger charge is 2.54. The summed E-state index contributed by atoms with van der Waals surface area (Å²) in [5, 5.41) is 3.00. The third-order valence-corrected chi connectivity index (χ3v) is 8.18. The van der Waals surface area contributed by atoms with E-state index >= 15 is 0 Å². The lowest BCUT2D eigenvalue weighted by molar-refractivity contribution is -0.144. The molecule has 5 rings (SSSR count). The van der Waals surface area contributed by atoms with Gasteiger partial charge >= 0.3 is 12.1 Å². The minimum absolute atomic E-state index is 0.0679. The van der Waals surface area contributed by atoms with Crippen LogP contribution in [-0.2, 0) is 14.3 Å². The summed E-state index contributed by atoms with van der Waals surface area (Å²) in [5.74, 6) is 0.629. The summed E-state index contributed by atoms with van der Waals surface area (Å²) >= 11 is 0. The minimum atomic E-state index is -0.368. The number of pyridine rings is 1. The first-order chi connectivity index (χ1) is 17.4. The fraction of sp³-hybridized carbons (Fsp3) is 0.483. The van der Waals surface area contributed by atoms with Gasteiger partial charge in [0.1, 0.15) is 11.9 Å². The molecule has 0 radical (unpaired) electrons. The molecule has 7 heteroatoms. The molecular weight excluding hydrogens is 459 g/mol. The number of fused-ring (bicyclic) bond motifs is 2. The molecular formula is C29H33FN2O4. The second kappa shape index (κ2) is 10.4. The van der Waals surface area contributed by atoms with Crippen LogP contribution in [0.5, 0.6) is 0 Å². The molecule has 0 spiro atoms. The second-order valence-corrected chi connectivity index (χ2v) is 10.3. The van der Waals surface area contributed by atoms with Crippen LogP contribution in [0, 0.1) is 35.4 Å². The highest BCUT2D eigenvalue weighted by atomic mass is 19.1. The third kappa shape index (κ3) is 5.01. The van der Waals surface area contributed by atoms with Gasteiger partial charge in [0, 0.05) is 23.7 Å². The van der Waals surface area contributed by atoms with Crippen molar-refractivity contribution in [2.75, 3.05) is 6.61 Å². The molecule has 190 valence electrons. The SMILES string of the molecule is CCOC(=O)N[C@H]1CC[C@@H]2[C@@H](C1)C[C@@H]1C(=O)O[C@@H](C)[C@@H]1[C@@H]2/C=C/c1ccc(-c2cccc(F)c2)cn1. The van der Waals surface area contributed by atoms with E-state index in [0.717, 1.165) is 42.5 Å². The van der Waals surface area contributed by atoms with Crippen LogP contribution in [0.1, 0.15) is 45.2 Å². The number of alkyl carbamates (subject to hydrolysis) is 1. The van der Waals surface area contributed by atoms with Gasteiger partial charge in [-0.1, -0.05) is 24.3 Å². The van der Waals surface area contributed by atoms with Gasteiger partial charge in [-0.25, -0.2) is 9.18 Å². The molecule has 0 bridgehead atoms. The van der Waals surface area contributed by atoms with E-state index in [0.29, 0.717) is 18.4 Å². The summed E-state index contributed by atoms with van der Waals surface area (Å²) < 4.78 is 24.3. The molecule has 1 aromatic carbocycles. The molecule has 1 saturated heterocycles. The number of aromatic nitrogens is 1. The fourth-order valence-electron chi connectivity index (χ4n) is 6.64. The van der Waals surface area contributed by atoms with Gasteiger partial charge in [0.25, 0.3) is 0 Å². The second-order valence-electron chi connectivity index (χ2n) is 10.3. The van der Waals surface area contributed by atoms with Gasteiger partial charge in [0.2, 0.25) is 0 Å². The van der Waals surface area contributed by atoms with Crippen LogP contribution < -0.4 is 5.32 Å². The maximum atomic E-state index is 13.6. The zero-order chi connectivity index (χ0) is 25.2. The van der Waals surface area contributed by atoms with Crippen molar-refractivity contribution in [3.63, 3.8) is 0 Å². The number of amides is 1. The van der Waals surface area contributed by atoms with Crippen LogP contribution in [0.25, 0.3) is 17.2 Å². The van der Waals surface area contributed by atoms with Crippen molar-refractivity contribution in [3.8, 4) is 11.1 Å². The highest BCUT2D eigenvalue weighted by molar-refractivity contribution is 5.75. The summed E-state index contributed by atoms with van der Waals surface area (Å²) in [6, 6.07) is 10.4. The number of halogens is 1. The van der Waals surface area contributed by atoms with Crippen LogP contribution in [0.3, 0.4) is 0 Å². The molecule has 6 nitrogen and oxygen atoms in total. The van der Waals surface area contributed by atoms with Crippen molar-refractivity contribution in [3.05, 3.63) is 60.2 Å². The molecule has 1 N–H and O–H groups in total. The Morgan fingerprint density at radius 2 is 2.08 bits per heavy atom.